The molecule has 0 heterocycles. The molecule has 0 aromatic carbocycles. The van der Waals surface area contributed by atoms with E-state index in [1.807, 2.05) is 0 Å². The molecule has 0 aliphatic heterocycles. The minimum absolute atomic E-state index is 0.671. The summed E-state index contributed by atoms with van der Waals surface area (Å²) < 4.78 is 0. The Morgan fingerprint density at radius 3 is 2.14 bits per heavy atom. The maximum Gasteiger partial charge on any atom is 0.0442 e. The van der Waals surface area contributed by atoms with Crippen molar-refractivity contribution in [2.75, 3.05) is 6.54 Å². The summed E-state index contributed by atoms with van der Waals surface area (Å²) in [6.07, 6.45) is 6.30. The van der Waals surface area contributed by atoms with E-state index in [1.165, 1.54) is 31.7 Å². The fraction of sp³-hybridized carbons (Fsp3) is 1.00. The normalized spacial score (nSPS) is 11.1. The van der Waals surface area contributed by atoms with E-state index in [0.717, 1.165) is 6.42 Å². The third-order valence-corrected chi connectivity index (χ3v) is 4.10. The highest BCUT2D eigenvalue weighted by molar-refractivity contribution is 6.76. The van der Waals surface area contributed by atoms with Crippen LogP contribution in [0, 0.1) is 0 Å². The van der Waals surface area contributed by atoms with E-state index in [2.05, 4.69) is 29.7 Å². The van der Waals surface area contributed by atoms with Gasteiger partial charge in [-0.25, -0.2) is 0 Å². The van der Waals surface area contributed by atoms with Crippen molar-refractivity contribution in [3.8, 4) is 0 Å². The average molecular weight is 213 g/mol. The highest BCUT2D eigenvalue weighted by Crippen LogP contribution is 2.14. The van der Waals surface area contributed by atoms with Crippen LogP contribution in [0.4, 0.5) is 0 Å². The number of azide groups is 1. The Bertz CT molecular complexity index is 180. The van der Waals surface area contributed by atoms with Crippen LogP contribution in [0.25, 0.3) is 10.4 Å². The predicted molar refractivity (Wildman–Crippen MR) is 65.3 cm³/mol. The first kappa shape index (κ1) is 13.5. The summed E-state index contributed by atoms with van der Waals surface area (Å²) in [5.74, 6) is 0. The zero-order chi connectivity index (χ0) is 10.9. The summed E-state index contributed by atoms with van der Waals surface area (Å²) in [7, 11) is -0.805. The van der Waals surface area contributed by atoms with Crippen LogP contribution in [-0.4, -0.2) is 14.6 Å². The third kappa shape index (κ3) is 11.5. The first-order valence-electron chi connectivity index (χ1n) is 5.57. The molecule has 0 spiro atoms. The molecular formula is C10H23N3Si. The summed E-state index contributed by atoms with van der Waals surface area (Å²) >= 11 is 0. The standard InChI is InChI=1S/C10H23N3Si/c1-14(2,3)10-8-6-4-5-7-9-12-13-11/h4-10H2,1-3H3. The van der Waals surface area contributed by atoms with Crippen molar-refractivity contribution in [3.63, 3.8) is 0 Å². The summed E-state index contributed by atoms with van der Waals surface area (Å²) in [6, 6.07) is 1.45. The van der Waals surface area contributed by atoms with Crippen LogP contribution in [-0.2, 0) is 0 Å². The molecule has 0 N–H and O–H groups in total. The molecule has 0 fully saturated rings. The lowest BCUT2D eigenvalue weighted by atomic mass is 10.1. The van der Waals surface area contributed by atoms with E-state index in [9.17, 15) is 0 Å². The topological polar surface area (TPSA) is 48.8 Å². The molecule has 0 saturated carbocycles. The van der Waals surface area contributed by atoms with Gasteiger partial charge in [-0.3, -0.25) is 0 Å². The van der Waals surface area contributed by atoms with Gasteiger partial charge in [-0.05, 0) is 12.0 Å². The lowest BCUT2D eigenvalue weighted by Crippen LogP contribution is -2.18. The van der Waals surface area contributed by atoms with Gasteiger partial charge < -0.3 is 0 Å². The molecule has 82 valence electrons. The highest BCUT2D eigenvalue weighted by Gasteiger charge is 2.11. The number of hydrogen-bond acceptors (Lipinski definition) is 1. The van der Waals surface area contributed by atoms with Crippen molar-refractivity contribution in [2.45, 2.75) is 57.8 Å². The minimum Gasteiger partial charge on any atom is -0.0940 e. The Labute approximate surface area is 88.5 Å². The van der Waals surface area contributed by atoms with E-state index in [-0.39, 0.29) is 0 Å². The van der Waals surface area contributed by atoms with Crippen LogP contribution in [0.2, 0.25) is 25.7 Å². The van der Waals surface area contributed by atoms with Crippen LogP contribution in [0.15, 0.2) is 5.11 Å². The lowest BCUT2D eigenvalue weighted by Gasteiger charge is -2.14. The smallest absolute Gasteiger partial charge is 0.0442 e. The molecule has 4 heteroatoms. The molecule has 0 aromatic heterocycles. The van der Waals surface area contributed by atoms with Crippen LogP contribution in [0.3, 0.4) is 0 Å². The zero-order valence-electron chi connectivity index (χ0n) is 9.79. The van der Waals surface area contributed by atoms with Crippen molar-refractivity contribution < 1.29 is 0 Å². The fourth-order valence-corrected chi connectivity index (χ4v) is 2.72. The van der Waals surface area contributed by atoms with Gasteiger partial charge in [0, 0.05) is 19.5 Å². The van der Waals surface area contributed by atoms with Crippen LogP contribution >= 0.6 is 0 Å². The Morgan fingerprint density at radius 2 is 1.57 bits per heavy atom. The maximum atomic E-state index is 8.06. The Morgan fingerprint density at radius 1 is 1.00 bits per heavy atom. The summed E-state index contributed by atoms with van der Waals surface area (Å²) in [4.78, 5) is 2.73. The number of rotatable bonds is 8. The largest absolute Gasteiger partial charge is 0.0940 e. The average Bonchev–Trinajstić information content (AvgIpc) is 2.08. The second-order valence-corrected chi connectivity index (χ2v) is 10.7. The van der Waals surface area contributed by atoms with Crippen LogP contribution in [0.1, 0.15) is 32.1 Å². The van der Waals surface area contributed by atoms with Gasteiger partial charge in [0.15, 0.2) is 0 Å². The molecule has 0 radical (unpaired) electrons. The van der Waals surface area contributed by atoms with Gasteiger partial charge in [-0.2, -0.15) is 0 Å². The van der Waals surface area contributed by atoms with Crippen molar-refractivity contribution in [1.29, 1.82) is 0 Å². The molecule has 0 saturated heterocycles. The first-order chi connectivity index (χ1) is 6.56. The molecular weight excluding hydrogens is 190 g/mol. The molecule has 0 unspecified atom stereocenters. The molecule has 0 rings (SSSR count). The lowest BCUT2D eigenvalue weighted by molar-refractivity contribution is 0.634. The van der Waals surface area contributed by atoms with E-state index in [1.54, 1.807) is 0 Å². The fourth-order valence-electron chi connectivity index (χ4n) is 1.41. The van der Waals surface area contributed by atoms with E-state index in [4.69, 9.17) is 5.53 Å². The van der Waals surface area contributed by atoms with Crippen LogP contribution < -0.4 is 0 Å². The van der Waals surface area contributed by atoms with E-state index >= 15 is 0 Å². The SMILES string of the molecule is C[Si](C)(C)CCCCCCCN=[N+]=[N-]. The van der Waals surface area contributed by atoms with Crippen molar-refractivity contribution in [3.05, 3.63) is 10.4 Å². The van der Waals surface area contributed by atoms with Gasteiger partial charge in [0.05, 0.1) is 0 Å². The quantitative estimate of drug-likeness (QED) is 0.186. The molecule has 0 amide bonds. The van der Waals surface area contributed by atoms with Gasteiger partial charge in [0.1, 0.15) is 0 Å². The van der Waals surface area contributed by atoms with E-state index < -0.39 is 8.07 Å². The number of unbranched alkanes of at least 4 members (excludes halogenated alkanes) is 4. The minimum atomic E-state index is -0.805. The van der Waals surface area contributed by atoms with Gasteiger partial charge in [0.2, 0.25) is 0 Å². The Hall–Kier alpha value is -0.473. The molecule has 0 aliphatic rings. The van der Waals surface area contributed by atoms with Crippen molar-refractivity contribution in [1.82, 2.24) is 0 Å². The molecule has 14 heavy (non-hydrogen) atoms. The van der Waals surface area contributed by atoms with Crippen LogP contribution in [0.5, 0.6) is 0 Å². The first-order valence-corrected chi connectivity index (χ1v) is 9.28. The molecule has 0 aliphatic carbocycles. The van der Waals surface area contributed by atoms with Crippen molar-refractivity contribution >= 4 is 8.07 Å². The monoisotopic (exact) mass is 213 g/mol. The summed E-state index contributed by atoms with van der Waals surface area (Å²) in [5, 5.41) is 3.52. The summed E-state index contributed by atoms with van der Waals surface area (Å²) in [6.45, 7) is 7.95. The molecule has 0 atom stereocenters. The van der Waals surface area contributed by atoms with Gasteiger partial charge >= 0.3 is 0 Å². The Balaban J connectivity index is 3.10. The second-order valence-electron chi connectivity index (χ2n) is 5.03. The zero-order valence-corrected chi connectivity index (χ0v) is 10.8. The van der Waals surface area contributed by atoms with Gasteiger partial charge in [-0.15, -0.1) is 0 Å². The number of hydrogen-bond donors (Lipinski definition) is 0. The molecule has 3 nitrogen and oxygen atoms in total. The summed E-state index contributed by atoms with van der Waals surface area (Å²) in [5.41, 5.74) is 8.06. The third-order valence-electron chi connectivity index (χ3n) is 2.25. The highest BCUT2D eigenvalue weighted by atomic mass is 28.3. The van der Waals surface area contributed by atoms with E-state index in [0.29, 0.717) is 6.54 Å². The number of nitrogens with zero attached hydrogens (tertiary/aromatic N) is 3. The molecule has 0 aromatic rings. The van der Waals surface area contributed by atoms with Gasteiger partial charge in [-0.1, -0.05) is 56.5 Å². The molecule has 0 bridgehead atoms. The predicted octanol–water partition coefficient (Wildman–Crippen LogP) is 4.59. The van der Waals surface area contributed by atoms with Gasteiger partial charge in [0.25, 0.3) is 0 Å². The second kappa shape index (κ2) is 7.89. The Kier molecular flexibility index (Phi) is 7.62. The van der Waals surface area contributed by atoms with Crippen molar-refractivity contribution in [2.24, 2.45) is 5.11 Å². The maximum absolute atomic E-state index is 8.06.